The van der Waals surface area contributed by atoms with Crippen LogP contribution in [0.2, 0.25) is 0 Å². The van der Waals surface area contributed by atoms with E-state index in [-0.39, 0.29) is 0 Å². The summed E-state index contributed by atoms with van der Waals surface area (Å²) in [4.78, 5) is 0. The van der Waals surface area contributed by atoms with Gasteiger partial charge in [-0.05, 0) is 41.7 Å². The van der Waals surface area contributed by atoms with Gasteiger partial charge in [0.15, 0.2) is 0 Å². The molecule has 1 N–H and O–H groups in total. The van der Waals surface area contributed by atoms with E-state index in [0.29, 0.717) is 6.61 Å². The molecule has 0 atom stereocenters. The van der Waals surface area contributed by atoms with Gasteiger partial charge in [0.2, 0.25) is 0 Å². The highest BCUT2D eigenvalue weighted by Gasteiger charge is 2.13. The minimum atomic E-state index is 0.607. The van der Waals surface area contributed by atoms with Crippen LogP contribution in [0.4, 0.5) is 0 Å². The SMILES string of the molecule is N=C1CCc2cc(OCc3ccccc3)ccc2C1. The molecule has 2 nitrogen and oxygen atoms in total. The minimum absolute atomic E-state index is 0.607. The molecule has 3 rings (SSSR count). The molecule has 0 bridgehead atoms. The van der Waals surface area contributed by atoms with Gasteiger partial charge in [0, 0.05) is 12.1 Å². The van der Waals surface area contributed by atoms with Crippen LogP contribution in [-0.4, -0.2) is 5.71 Å². The van der Waals surface area contributed by atoms with E-state index in [1.165, 1.54) is 16.7 Å². The van der Waals surface area contributed by atoms with Crippen molar-refractivity contribution >= 4 is 5.71 Å². The van der Waals surface area contributed by atoms with E-state index < -0.39 is 0 Å². The lowest BCUT2D eigenvalue weighted by Gasteiger charge is -2.17. The van der Waals surface area contributed by atoms with Gasteiger partial charge in [-0.15, -0.1) is 0 Å². The topological polar surface area (TPSA) is 33.1 Å². The lowest BCUT2D eigenvalue weighted by atomic mass is 9.90. The third kappa shape index (κ3) is 2.84. The van der Waals surface area contributed by atoms with Crippen LogP contribution in [0.1, 0.15) is 23.1 Å². The number of benzene rings is 2. The summed E-state index contributed by atoms with van der Waals surface area (Å²) in [6.45, 7) is 0.607. The molecular formula is C17H17NO. The lowest BCUT2D eigenvalue weighted by molar-refractivity contribution is 0.306. The Bertz CT molecular complexity index is 589. The Balaban J connectivity index is 1.71. The van der Waals surface area contributed by atoms with Crippen molar-refractivity contribution in [2.75, 3.05) is 0 Å². The fourth-order valence-corrected chi connectivity index (χ4v) is 2.44. The van der Waals surface area contributed by atoms with E-state index in [4.69, 9.17) is 10.1 Å². The molecule has 1 aliphatic carbocycles. The molecule has 19 heavy (non-hydrogen) atoms. The van der Waals surface area contributed by atoms with E-state index in [9.17, 15) is 0 Å². The van der Waals surface area contributed by atoms with Gasteiger partial charge < -0.3 is 10.1 Å². The molecule has 96 valence electrons. The number of aryl methyl sites for hydroxylation is 1. The Labute approximate surface area is 113 Å². The highest BCUT2D eigenvalue weighted by atomic mass is 16.5. The molecule has 2 heteroatoms. The third-order valence-corrected chi connectivity index (χ3v) is 3.53. The zero-order chi connectivity index (χ0) is 13.1. The van der Waals surface area contributed by atoms with Crippen molar-refractivity contribution < 1.29 is 4.74 Å². The van der Waals surface area contributed by atoms with E-state index in [1.54, 1.807) is 0 Å². The van der Waals surface area contributed by atoms with Crippen molar-refractivity contribution in [1.29, 1.82) is 5.41 Å². The van der Waals surface area contributed by atoms with Crippen LogP contribution in [0, 0.1) is 5.41 Å². The summed E-state index contributed by atoms with van der Waals surface area (Å²) in [5.41, 5.74) is 4.64. The monoisotopic (exact) mass is 251 g/mol. The van der Waals surface area contributed by atoms with Gasteiger partial charge in [0.1, 0.15) is 12.4 Å². The highest BCUT2D eigenvalue weighted by molar-refractivity contribution is 5.85. The van der Waals surface area contributed by atoms with Gasteiger partial charge in [-0.1, -0.05) is 36.4 Å². The first kappa shape index (κ1) is 12.0. The van der Waals surface area contributed by atoms with Crippen LogP contribution >= 0.6 is 0 Å². The van der Waals surface area contributed by atoms with Crippen LogP contribution in [-0.2, 0) is 19.4 Å². The number of nitrogens with one attached hydrogen (secondary N) is 1. The van der Waals surface area contributed by atoms with Crippen LogP contribution in [0.15, 0.2) is 48.5 Å². The standard InChI is InChI=1S/C17H17NO/c18-16-8-6-15-11-17(9-7-14(15)10-16)19-12-13-4-2-1-3-5-13/h1-5,7,9,11,18H,6,8,10,12H2. The lowest BCUT2D eigenvalue weighted by Crippen LogP contribution is -2.12. The molecular weight excluding hydrogens is 234 g/mol. The number of ether oxygens (including phenoxy) is 1. The summed E-state index contributed by atoms with van der Waals surface area (Å²) in [6.07, 6.45) is 2.65. The van der Waals surface area contributed by atoms with Crippen molar-refractivity contribution in [2.45, 2.75) is 25.9 Å². The maximum atomic E-state index is 7.74. The zero-order valence-corrected chi connectivity index (χ0v) is 10.9. The Morgan fingerprint density at radius 3 is 2.63 bits per heavy atom. The minimum Gasteiger partial charge on any atom is -0.489 e. The van der Waals surface area contributed by atoms with Crippen molar-refractivity contribution in [1.82, 2.24) is 0 Å². The predicted molar refractivity (Wildman–Crippen MR) is 77.0 cm³/mol. The molecule has 1 aliphatic rings. The third-order valence-electron chi connectivity index (χ3n) is 3.53. The van der Waals surface area contributed by atoms with Crippen LogP contribution in [0.3, 0.4) is 0 Å². The summed E-state index contributed by atoms with van der Waals surface area (Å²) < 4.78 is 5.83. The van der Waals surface area contributed by atoms with Crippen molar-refractivity contribution in [3.8, 4) is 5.75 Å². The van der Waals surface area contributed by atoms with Gasteiger partial charge >= 0.3 is 0 Å². The predicted octanol–water partition coefficient (Wildman–Crippen LogP) is 3.77. The average Bonchev–Trinajstić information content (AvgIpc) is 2.46. The van der Waals surface area contributed by atoms with Crippen LogP contribution in [0.5, 0.6) is 5.75 Å². The first-order chi connectivity index (χ1) is 9.31. The maximum Gasteiger partial charge on any atom is 0.120 e. The van der Waals surface area contributed by atoms with E-state index in [2.05, 4.69) is 24.3 Å². The maximum absolute atomic E-state index is 7.74. The number of fused-ring (bicyclic) bond motifs is 1. The molecule has 0 fully saturated rings. The number of hydrogen-bond donors (Lipinski definition) is 1. The molecule has 2 aromatic carbocycles. The van der Waals surface area contributed by atoms with E-state index >= 15 is 0 Å². The Hall–Kier alpha value is -2.09. The summed E-state index contributed by atoms with van der Waals surface area (Å²) >= 11 is 0. The van der Waals surface area contributed by atoms with Crippen LogP contribution in [0.25, 0.3) is 0 Å². The largest absolute Gasteiger partial charge is 0.489 e. The summed E-state index contributed by atoms with van der Waals surface area (Å²) in [7, 11) is 0. The summed E-state index contributed by atoms with van der Waals surface area (Å²) in [5, 5.41) is 7.74. The Kier molecular flexibility index (Phi) is 3.32. The van der Waals surface area contributed by atoms with Crippen LogP contribution < -0.4 is 4.74 Å². The fourth-order valence-electron chi connectivity index (χ4n) is 2.44. The van der Waals surface area contributed by atoms with Gasteiger partial charge in [0.05, 0.1) is 0 Å². The van der Waals surface area contributed by atoms with E-state index in [1.807, 2.05) is 24.3 Å². The van der Waals surface area contributed by atoms with Gasteiger partial charge in [-0.25, -0.2) is 0 Å². The quantitative estimate of drug-likeness (QED) is 0.885. The van der Waals surface area contributed by atoms with Gasteiger partial charge in [-0.2, -0.15) is 0 Å². The van der Waals surface area contributed by atoms with Gasteiger partial charge in [0.25, 0.3) is 0 Å². The Morgan fingerprint density at radius 1 is 0.947 bits per heavy atom. The molecule has 0 unspecified atom stereocenters. The summed E-state index contributed by atoms with van der Waals surface area (Å²) in [6, 6.07) is 16.4. The molecule has 0 heterocycles. The molecule has 2 aromatic rings. The normalized spacial score (nSPS) is 14.0. The molecule has 0 aromatic heterocycles. The van der Waals surface area contributed by atoms with Crippen molar-refractivity contribution in [3.05, 3.63) is 65.2 Å². The number of rotatable bonds is 3. The summed E-state index contributed by atoms with van der Waals surface area (Å²) in [5.74, 6) is 0.927. The van der Waals surface area contributed by atoms with Crippen molar-refractivity contribution in [2.24, 2.45) is 0 Å². The average molecular weight is 251 g/mol. The second-order valence-corrected chi connectivity index (χ2v) is 4.99. The van der Waals surface area contributed by atoms with Gasteiger partial charge in [-0.3, -0.25) is 0 Å². The molecule has 0 amide bonds. The molecule has 0 saturated carbocycles. The zero-order valence-electron chi connectivity index (χ0n) is 10.9. The second kappa shape index (κ2) is 5.27. The molecule has 0 radical (unpaired) electrons. The molecule has 0 saturated heterocycles. The van der Waals surface area contributed by atoms with E-state index in [0.717, 1.165) is 30.7 Å². The first-order valence-electron chi connectivity index (χ1n) is 6.66. The molecule has 0 spiro atoms. The smallest absolute Gasteiger partial charge is 0.120 e. The first-order valence-corrected chi connectivity index (χ1v) is 6.66. The fraction of sp³-hybridized carbons (Fsp3) is 0.235. The highest BCUT2D eigenvalue weighted by Crippen LogP contribution is 2.24. The van der Waals surface area contributed by atoms with Crippen molar-refractivity contribution in [3.63, 3.8) is 0 Å². The second-order valence-electron chi connectivity index (χ2n) is 4.99. The number of hydrogen-bond acceptors (Lipinski definition) is 2. The molecule has 0 aliphatic heterocycles. The Morgan fingerprint density at radius 2 is 1.79 bits per heavy atom.